The molecular weight excluding hydrogens is 290 g/mol. The first-order valence-corrected chi connectivity index (χ1v) is 6.86. The monoisotopic (exact) mass is 301 g/mol. The van der Waals surface area contributed by atoms with Crippen LogP contribution in [0.3, 0.4) is 0 Å². The summed E-state index contributed by atoms with van der Waals surface area (Å²) >= 11 is 0. The fraction of sp³-hybridized carbons (Fsp3) is 0.0588. The van der Waals surface area contributed by atoms with Gasteiger partial charge < -0.3 is 9.72 Å². The van der Waals surface area contributed by atoms with Crippen molar-refractivity contribution in [1.82, 2.24) is 15.0 Å². The van der Waals surface area contributed by atoms with Crippen LogP contribution in [0.1, 0.15) is 5.56 Å². The summed E-state index contributed by atoms with van der Waals surface area (Å²) in [5.74, 6) is 1.10. The lowest BCUT2D eigenvalue weighted by Crippen LogP contribution is -1.92. The van der Waals surface area contributed by atoms with Crippen molar-refractivity contribution in [3.05, 3.63) is 60.1 Å². The number of hydrogen-bond donors (Lipinski definition) is 1. The van der Waals surface area contributed by atoms with Gasteiger partial charge in [0.2, 0.25) is 5.88 Å². The number of benzene rings is 1. The van der Waals surface area contributed by atoms with Crippen molar-refractivity contribution >= 4 is 11.0 Å². The summed E-state index contributed by atoms with van der Waals surface area (Å²) in [6.07, 6.45) is 5.18. The summed E-state index contributed by atoms with van der Waals surface area (Å²) < 4.78 is 5.83. The summed E-state index contributed by atoms with van der Waals surface area (Å²) in [5.41, 5.74) is 1.57. The second-order valence-electron chi connectivity index (χ2n) is 4.68. The highest BCUT2D eigenvalue weighted by Crippen LogP contribution is 2.29. The van der Waals surface area contributed by atoms with Crippen LogP contribution < -0.4 is 4.74 Å². The number of aromatic amines is 1. The molecule has 0 spiro atoms. The summed E-state index contributed by atoms with van der Waals surface area (Å²) in [5, 5.41) is 18.4. The zero-order valence-electron chi connectivity index (χ0n) is 12.0. The quantitative estimate of drug-likeness (QED) is 0.746. The van der Waals surface area contributed by atoms with E-state index in [1.165, 1.54) is 6.33 Å². The predicted molar refractivity (Wildman–Crippen MR) is 83.4 cm³/mol. The lowest BCUT2D eigenvalue weighted by molar-refractivity contribution is 0.468. The van der Waals surface area contributed by atoms with Crippen LogP contribution in [0.5, 0.6) is 11.6 Å². The van der Waals surface area contributed by atoms with Gasteiger partial charge in [-0.05, 0) is 24.1 Å². The number of nitrogens with one attached hydrogen (secondary N) is 1. The number of rotatable bonds is 4. The molecular formula is C17H11N5O. The fourth-order valence-corrected chi connectivity index (χ4v) is 2.16. The average Bonchev–Trinajstić information content (AvgIpc) is 3.01. The van der Waals surface area contributed by atoms with Crippen molar-refractivity contribution in [1.29, 1.82) is 10.5 Å². The second-order valence-corrected chi connectivity index (χ2v) is 4.68. The number of aromatic nitrogens is 3. The van der Waals surface area contributed by atoms with Gasteiger partial charge in [-0.2, -0.15) is 10.5 Å². The number of para-hydroxylation sites is 1. The number of hydrogen-bond acceptors (Lipinski definition) is 5. The Kier molecular flexibility index (Phi) is 3.99. The molecule has 1 N–H and O–H groups in total. The Balaban J connectivity index is 2.00. The molecule has 3 rings (SSSR count). The Morgan fingerprint density at radius 1 is 1.17 bits per heavy atom. The van der Waals surface area contributed by atoms with E-state index in [1.54, 1.807) is 12.3 Å². The van der Waals surface area contributed by atoms with Crippen molar-refractivity contribution in [2.45, 2.75) is 6.42 Å². The number of H-pyrrole nitrogens is 1. The molecule has 0 radical (unpaired) electrons. The van der Waals surface area contributed by atoms with E-state index >= 15 is 0 Å². The molecule has 110 valence electrons. The summed E-state index contributed by atoms with van der Waals surface area (Å²) in [4.78, 5) is 11.4. The van der Waals surface area contributed by atoms with Crippen LogP contribution in [-0.4, -0.2) is 15.0 Å². The number of fused-ring (bicyclic) bond motifs is 1. The van der Waals surface area contributed by atoms with Gasteiger partial charge in [-0.3, -0.25) is 0 Å². The molecule has 3 aromatic rings. The number of nitrogens with zero attached hydrogens (tertiary/aromatic N) is 4. The van der Waals surface area contributed by atoms with Crippen LogP contribution in [0.25, 0.3) is 11.0 Å². The van der Waals surface area contributed by atoms with E-state index in [1.807, 2.05) is 42.5 Å². The first-order valence-electron chi connectivity index (χ1n) is 6.86. The molecule has 2 aromatic heterocycles. The smallest absolute Gasteiger partial charge is 0.232 e. The molecule has 0 atom stereocenters. The lowest BCUT2D eigenvalue weighted by atomic mass is 10.1. The van der Waals surface area contributed by atoms with E-state index in [9.17, 15) is 0 Å². The van der Waals surface area contributed by atoms with Crippen LogP contribution >= 0.6 is 0 Å². The van der Waals surface area contributed by atoms with E-state index in [2.05, 4.69) is 15.0 Å². The van der Waals surface area contributed by atoms with Gasteiger partial charge in [0.1, 0.15) is 35.4 Å². The number of allylic oxidation sites excluding steroid dienone is 2. The third-order valence-electron chi connectivity index (χ3n) is 3.24. The van der Waals surface area contributed by atoms with Crippen LogP contribution in [0, 0.1) is 22.7 Å². The Morgan fingerprint density at radius 2 is 1.96 bits per heavy atom. The fourth-order valence-electron chi connectivity index (χ4n) is 2.16. The number of ether oxygens (including phenoxy) is 1. The molecule has 6 nitrogen and oxygen atoms in total. The molecule has 0 aliphatic heterocycles. The van der Waals surface area contributed by atoms with Crippen LogP contribution in [0.15, 0.2) is 54.5 Å². The highest BCUT2D eigenvalue weighted by atomic mass is 16.5. The van der Waals surface area contributed by atoms with E-state index in [-0.39, 0.29) is 5.57 Å². The highest BCUT2D eigenvalue weighted by Gasteiger charge is 2.12. The van der Waals surface area contributed by atoms with E-state index < -0.39 is 0 Å². The molecule has 0 saturated heterocycles. The minimum Gasteiger partial charge on any atom is -0.438 e. The van der Waals surface area contributed by atoms with Crippen LogP contribution in [-0.2, 0) is 6.42 Å². The summed E-state index contributed by atoms with van der Waals surface area (Å²) in [6, 6.07) is 13.0. The first kappa shape index (κ1) is 14.3. The molecule has 0 amide bonds. The normalized spacial score (nSPS) is 9.83. The molecule has 23 heavy (non-hydrogen) atoms. The maximum atomic E-state index is 8.82. The van der Waals surface area contributed by atoms with Crippen molar-refractivity contribution in [3.8, 4) is 23.8 Å². The average molecular weight is 301 g/mol. The van der Waals surface area contributed by atoms with Crippen molar-refractivity contribution in [2.24, 2.45) is 0 Å². The van der Waals surface area contributed by atoms with Gasteiger partial charge in [-0.25, -0.2) is 9.97 Å². The Morgan fingerprint density at radius 3 is 2.70 bits per heavy atom. The Labute approximate surface area is 132 Å². The van der Waals surface area contributed by atoms with Crippen LogP contribution in [0.2, 0.25) is 0 Å². The standard InChI is InChI=1S/C17H11N5O/c18-8-12(9-19)6-7-13-10-20-16-15(13)17(22-11-21-16)23-14-4-2-1-3-5-14/h1-6,10-11H,7H2,(H,20,21,22). The van der Waals surface area contributed by atoms with Crippen LogP contribution in [0.4, 0.5) is 0 Å². The van der Waals surface area contributed by atoms with E-state index in [0.717, 1.165) is 10.9 Å². The van der Waals surface area contributed by atoms with Gasteiger partial charge in [0.15, 0.2) is 0 Å². The molecule has 6 heteroatoms. The largest absolute Gasteiger partial charge is 0.438 e. The van der Waals surface area contributed by atoms with Gasteiger partial charge in [0, 0.05) is 6.20 Å². The molecule has 1 aromatic carbocycles. The Bertz CT molecular complexity index is 929. The highest BCUT2D eigenvalue weighted by molar-refractivity contribution is 5.85. The van der Waals surface area contributed by atoms with Crippen molar-refractivity contribution in [3.63, 3.8) is 0 Å². The molecule has 0 fully saturated rings. The van der Waals surface area contributed by atoms with Gasteiger partial charge in [-0.15, -0.1) is 0 Å². The lowest BCUT2D eigenvalue weighted by Gasteiger charge is -2.06. The molecule has 2 heterocycles. The number of nitriles is 2. The van der Waals surface area contributed by atoms with E-state index in [0.29, 0.717) is 23.7 Å². The van der Waals surface area contributed by atoms with Gasteiger partial charge in [-0.1, -0.05) is 24.3 Å². The predicted octanol–water partition coefficient (Wildman–Crippen LogP) is 3.27. The molecule has 0 aliphatic rings. The molecule has 0 bridgehead atoms. The Hall–Kier alpha value is -3.64. The molecule has 0 aliphatic carbocycles. The zero-order chi connectivity index (χ0) is 16.1. The third kappa shape index (κ3) is 3.02. The van der Waals surface area contributed by atoms with Gasteiger partial charge >= 0.3 is 0 Å². The summed E-state index contributed by atoms with van der Waals surface area (Å²) in [7, 11) is 0. The first-order chi connectivity index (χ1) is 11.3. The maximum Gasteiger partial charge on any atom is 0.232 e. The van der Waals surface area contributed by atoms with Crippen molar-refractivity contribution < 1.29 is 4.74 Å². The summed E-state index contributed by atoms with van der Waals surface area (Å²) in [6.45, 7) is 0. The topological polar surface area (TPSA) is 98.4 Å². The van der Waals surface area contributed by atoms with Gasteiger partial charge in [0.25, 0.3) is 0 Å². The minimum absolute atomic E-state index is 0.0710. The maximum absolute atomic E-state index is 8.82. The SMILES string of the molecule is N#CC(C#N)=CCc1c[nH]c2ncnc(Oc3ccccc3)c12. The van der Waals surface area contributed by atoms with E-state index in [4.69, 9.17) is 15.3 Å². The molecule has 0 unspecified atom stereocenters. The van der Waals surface area contributed by atoms with Gasteiger partial charge in [0.05, 0.1) is 5.39 Å². The zero-order valence-corrected chi connectivity index (χ0v) is 12.0. The third-order valence-corrected chi connectivity index (χ3v) is 3.24. The van der Waals surface area contributed by atoms with Crippen molar-refractivity contribution in [2.75, 3.05) is 0 Å². The minimum atomic E-state index is 0.0710. The second kappa shape index (κ2) is 6.42. The molecule has 0 saturated carbocycles.